The standard InChI is InChI=1S/C13H14ClNO/c1-2-15-8-12-7-10(3-4-13(12)14)11-5-6-16-9-11/h3-7,9,15H,2,8H2,1H3. The lowest BCUT2D eigenvalue weighted by molar-refractivity contribution is 0.568. The van der Waals surface area contributed by atoms with Crippen LogP contribution in [-0.2, 0) is 6.54 Å². The van der Waals surface area contributed by atoms with Crippen LogP contribution in [0.1, 0.15) is 12.5 Å². The molecule has 2 nitrogen and oxygen atoms in total. The molecule has 0 unspecified atom stereocenters. The Bertz CT molecular complexity index is 451. The van der Waals surface area contributed by atoms with Crippen LogP contribution in [0.3, 0.4) is 0 Å². The fraction of sp³-hybridized carbons (Fsp3) is 0.231. The van der Waals surface area contributed by atoms with Gasteiger partial charge in [-0.2, -0.15) is 0 Å². The van der Waals surface area contributed by atoms with Crippen LogP contribution in [0.2, 0.25) is 5.02 Å². The molecule has 0 amide bonds. The topological polar surface area (TPSA) is 25.2 Å². The summed E-state index contributed by atoms with van der Waals surface area (Å²) in [6, 6.07) is 7.97. The summed E-state index contributed by atoms with van der Waals surface area (Å²) in [5, 5.41) is 4.07. The second-order valence-corrected chi connectivity index (χ2v) is 4.01. The van der Waals surface area contributed by atoms with Crippen molar-refractivity contribution in [3.05, 3.63) is 47.4 Å². The zero-order valence-electron chi connectivity index (χ0n) is 9.16. The largest absolute Gasteiger partial charge is 0.472 e. The van der Waals surface area contributed by atoms with E-state index in [0.29, 0.717) is 0 Å². The molecule has 1 N–H and O–H groups in total. The van der Waals surface area contributed by atoms with E-state index in [1.54, 1.807) is 12.5 Å². The molecule has 0 spiro atoms. The minimum Gasteiger partial charge on any atom is -0.472 e. The highest BCUT2D eigenvalue weighted by molar-refractivity contribution is 6.31. The first-order valence-electron chi connectivity index (χ1n) is 5.33. The molecule has 1 aromatic heterocycles. The fourth-order valence-electron chi connectivity index (χ4n) is 1.58. The van der Waals surface area contributed by atoms with Crippen LogP contribution in [0.4, 0.5) is 0 Å². The SMILES string of the molecule is CCNCc1cc(-c2ccoc2)ccc1Cl. The molecule has 84 valence electrons. The van der Waals surface area contributed by atoms with Crippen LogP contribution in [0.25, 0.3) is 11.1 Å². The monoisotopic (exact) mass is 235 g/mol. The molecule has 0 aliphatic heterocycles. The van der Waals surface area contributed by atoms with Crippen molar-refractivity contribution in [1.82, 2.24) is 5.32 Å². The van der Waals surface area contributed by atoms with Crippen molar-refractivity contribution in [3.63, 3.8) is 0 Å². The van der Waals surface area contributed by atoms with Gasteiger partial charge in [-0.3, -0.25) is 0 Å². The summed E-state index contributed by atoms with van der Waals surface area (Å²) in [5.41, 5.74) is 3.32. The van der Waals surface area contributed by atoms with E-state index in [9.17, 15) is 0 Å². The van der Waals surface area contributed by atoms with E-state index in [0.717, 1.165) is 34.8 Å². The van der Waals surface area contributed by atoms with Gasteiger partial charge in [0.25, 0.3) is 0 Å². The maximum atomic E-state index is 6.13. The number of benzene rings is 1. The van der Waals surface area contributed by atoms with Gasteiger partial charge in [0.15, 0.2) is 0 Å². The third-order valence-electron chi connectivity index (χ3n) is 2.47. The lowest BCUT2D eigenvalue weighted by atomic mass is 10.1. The van der Waals surface area contributed by atoms with Gasteiger partial charge in [-0.25, -0.2) is 0 Å². The molecule has 0 radical (unpaired) electrons. The summed E-state index contributed by atoms with van der Waals surface area (Å²) < 4.78 is 5.07. The van der Waals surface area contributed by atoms with Crippen LogP contribution in [0.5, 0.6) is 0 Å². The van der Waals surface area contributed by atoms with Crippen molar-refractivity contribution < 1.29 is 4.42 Å². The Hall–Kier alpha value is -1.25. The van der Waals surface area contributed by atoms with Gasteiger partial charge in [0.2, 0.25) is 0 Å². The zero-order chi connectivity index (χ0) is 11.4. The number of nitrogens with one attached hydrogen (secondary N) is 1. The van der Waals surface area contributed by atoms with Crippen molar-refractivity contribution in [2.45, 2.75) is 13.5 Å². The molecule has 0 atom stereocenters. The Labute approximate surface area is 100 Å². The molecule has 16 heavy (non-hydrogen) atoms. The Morgan fingerprint density at radius 3 is 2.81 bits per heavy atom. The molecule has 1 aromatic carbocycles. The van der Waals surface area contributed by atoms with E-state index in [4.69, 9.17) is 16.0 Å². The quantitative estimate of drug-likeness (QED) is 0.874. The maximum Gasteiger partial charge on any atom is 0.0980 e. The lowest BCUT2D eigenvalue weighted by Crippen LogP contribution is -2.12. The summed E-state index contributed by atoms with van der Waals surface area (Å²) in [6.45, 7) is 3.81. The maximum absolute atomic E-state index is 6.13. The molecule has 0 saturated heterocycles. The second-order valence-electron chi connectivity index (χ2n) is 3.60. The lowest BCUT2D eigenvalue weighted by Gasteiger charge is -2.07. The molecule has 0 aliphatic rings. The van der Waals surface area contributed by atoms with Crippen LogP contribution in [0.15, 0.2) is 41.2 Å². The van der Waals surface area contributed by atoms with E-state index in [2.05, 4.69) is 18.3 Å². The molecule has 1 heterocycles. The van der Waals surface area contributed by atoms with E-state index in [1.807, 2.05) is 18.2 Å². The number of rotatable bonds is 4. The molecule has 0 fully saturated rings. The molecular weight excluding hydrogens is 222 g/mol. The van der Waals surface area contributed by atoms with E-state index >= 15 is 0 Å². The van der Waals surface area contributed by atoms with E-state index < -0.39 is 0 Å². The van der Waals surface area contributed by atoms with E-state index in [1.165, 1.54) is 0 Å². The Balaban J connectivity index is 2.28. The first kappa shape index (κ1) is 11.2. The van der Waals surface area contributed by atoms with Gasteiger partial charge in [0.1, 0.15) is 0 Å². The smallest absolute Gasteiger partial charge is 0.0980 e. The summed E-state index contributed by atoms with van der Waals surface area (Å²) >= 11 is 6.13. The van der Waals surface area contributed by atoms with Crippen LogP contribution in [-0.4, -0.2) is 6.54 Å². The molecule has 0 aliphatic carbocycles. The van der Waals surface area contributed by atoms with Crippen molar-refractivity contribution in [2.24, 2.45) is 0 Å². The average molecular weight is 236 g/mol. The predicted molar refractivity (Wildman–Crippen MR) is 66.5 cm³/mol. The van der Waals surface area contributed by atoms with Crippen molar-refractivity contribution in [2.75, 3.05) is 6.54 Å². The third-order valence-corrected chi connectivity index (χ3v) is 2.83. The van der Waals surface area contributed by atoms with Gasteiger partial charge in [-0.15, -0.1) is 0 Å². The first-order valence-corrected chi connectivity index (χ1v) is 5.70. The van der Waals surface area contributed by atoms with Crippen LogP contribution >= 0.6 is 11.6 Å². The molecule has 3 heteroatoms. The number of halogens is 1. The van der Waals surface area contributed by atoms with Crippen LogP contribution in [0, 0.1) is 0 Å². The summed E-state index contributed by atoms with van der Waals surface area (Å²) in [5.74, 6) is 0. The number of hydrogen-bond donors (Lipinski definition) is 1. The minimum atomic E-state index is 0.793. The molecule has 0 saturated carbocycles. The Kier molecular flexibility index (Phi) is 3.65. The molecule has 2 rings (SSSR count). The van der Waals surface area contributed by atoms with Crippen molar-refractivity contribution in [1.29, 1.82) is 0 Å². The van der Waals surface area contributed by atoms with Gasteiger partial charge in [0, 0.05) is 17.1 Å². The highest BCUT2D eigenvalue weighted by Gasteiger charge is 2.04. The van der Waals surface area contributed by atoms with Gasteiger partial charge < -0.3 is 9.73 Å². The van der Waals surface area contributed by atoms with Crippen LogP contribution < -0.4 is 5.32 Å². The van der Waals surface area contributed by atoms with Gasteiger partial charge in [-0.05, 0) is 35.9 Å². The van der Waals surface area contributed by atoms with Crippen molar-refractivity contribution >= 4 is 11.6 Å². The van der Waals surface area contributed by atoms with Gasteiger partial charge in [0.05, 0.1) is 12.5 Å². The third kappa shape index (κ3) is 2.46. The summed E-state index contributed by atoms with van der Waals surface area (Å²) in [6.07, 6.45) is 3.41. The minimum absolute atomic E-state index is 0.793. The average Bonchev–Trinajstić information content (AvgIpc) is 2.81. The molecule has 0 bridgehead atoms. The molecule has 2 aromatic rings. The normalized spacial score (nSPS) is 10.6. The Morgan fingerprint density at radius 2 is 2.12 bits per heavy atom. The highest BCUT2D eigenvalue weighted by Crippen LogP contribution is 2.25. The predicted octanol–water partition coefficient (Wildman–Crippen LogP) is 3.71. The summed E-state index contributed by atoms with van der Waals surface area (Å²) in [7, 11) is 0. The first-order chi connectivity index (χ1) is 7.81. The zero-order valence-corrected chi connectivity index (χ0v) is 9.92. The van der Waals surface area contributed by atoms with Gasteiger partial charge in [-0.1, -0.05) is 24.6 Å². The Morgan fingerprint density at radius 1 is 1.25 bits per heavy atom. The number of hydrogen-bond acceptors (Lipinski definition) is 2. The summed E-state index contributed by atoms with van der Waals surface area (Å²) in [4.78, 5) is 0. The van der Waals surface area contributed by atoms with Gasteiger partial charge >= 0.3 is 0 Å². The highest BCUT2D eigenvalue weighted by atomic mass is 35.5. The van der Waals surface area contributed by atoms with E-state index in [-0.39, 0.29) is 0 Å². The number of furan rings is 1. The molecular formula is C13H14ClNO. The second kappa shape index (κ2) is 5.19. The van der Waals surface area contributed by atoms with Crippen molar-refractivity contribution in [3.8, 4) is 11.1 Å². The fourth-order valence-corrected chi connectivity index (χ4v) is 1.76.